The summed E-state index contributed by atoms with van der Waals surface area (Å²) in [7, 11) is 3.15. The maximum absolute atomic E-state index is 12.9. The van der Waals surface area contributed by atoms with Crippen LogP contribution in [0.5, 0.6) is 11.5 Å². The summed E-state index contributed by atoms with van der Waals surface area (Å²) in [4.78, 5) is 14.5. The Balaban J connectivity index is 1.70. The molecule has 7 heteroatoms. The lowest BCUT2D eigenvalue weighted by Crippen LogP contribution is -2.11. The summed E-state index contributed by atoms with van der Waals surface area (Å²) in [6, 6.07) is 15.3. The van der Waals surface area contributed by atoms with Crippen molar-refractivity contribution in [2.45, 2.75) is 13.8 Å². The van der Waals surface area contributed by atoms with Crippen LogP contribution in [-0.2, 0) is 0 Å². The molecule has 2 aromatic heterocycles. The average molecular weight is 407 g/mol. The molecule has 0 bridgehead atoms. The molecule has 4 rings (SSSR count). The number of thiophene rings is 1. The predicted octanol–water partition coefficient (Wildman–Crippen LogP) is 4.97. The van der Waals surface area contributed by atoms with E-state index in [2.05, 4.69) is 16.5 Å². The second-order valence-electron chi connectivity index (χ2n) is 6.69. The van der Waals surface area contributed by atoms with Crippen LogP contribution >= 0.6 is 11.3 Å². The lowest BCUT2D eigenvalue weighted by molar-refractivity contribution is 0.103. The van der Waals surface area contributed by atoms with Crippen molar-refractivity contribution in [2.24, 2.45) is 0 Å². The minimum absolute atomic E-state index is 0.201. The predicted molar refractivity (Wildman–Crippen MR) is 116 cm³/mol. The number of benzene rings is 2. The van der Waals surface area contributed by atoms with Gasteiger partial charge >= 0.3 is 0 Å². The summed E-state index contributed by atoms with van der Waals surface area (Å²) >= 11 is 1.41. The number of amides is 1. The molecule has 4 aromatic rings. The molecule has 148 valence electrons. The molecule has 0 atom stereocenters. The van der Waals surface area contributed by atoms with E-state index in [0.29, 0.717) is 22.1 Å². The molecule has 0 spiro atoms. The number of carbonyl (C=O) groups excluding carboxylic acids is 1. The summed E-state index contributed by atoms with van der Waals surface area (Å²) in [5.74, 6) is 1.01. The number of nitrogens with zero attached hydrogens (tertiary/aromatic N) is 2. The number of rotatable bonds is 5. The highest BCUT2D eigenvalue weighted by Gasteiger charge is 2.18. The third-order valence-corrected chi connectivity index (χ3v) is 5.78. The van der Waals surface area contributed by atoms with Crippen molar-refractivity contribution < 1.29 is 14.3 Å². The van der Waals surface area contributed by atoms with Gasteiger partial charge in [0.15, 0.2) is 0 Å². The van der Waals surface area contributed by atoms with Gasteiger partial charge in [-0.05, 0) is 49.7 Å². The smallest absolute Gasteiger partial charge is 0.265 e. The van der Waals surface area contributed by atoms with E-state index in [1.165, 1.54) is 11.3 Å². The molecule has 1 amide bonds. The number of carbonyl (C=O) groups is 1. The van der Waals surface area contributed by atoms with Crippen molar-refractivity contribution in [3.05, 3.63) is 64.7 Å². The van der Waals surface area contributed by atoms with Crippen LogP contribution in [0.2, 0.25) is 0 Å². The molecule has 0 aliphatic carbocycles. The van der Waals surface area contributed by atoms with E-state index in [0.717, 1.165) is 27.2 Å². The Morgan fingerprint density at radius 1 is 1.07 bits per heavy atom. The van der Waals surface area contributed by atoms with Crippen LogP contribution in [0.4, 0.5) is 5.69 Å². The standard InChI is InChI=1S/C22H21N3O3S/c1-13-6-5-7-15(10-13)25-22-17(14(2)24-25)12-20(29-22)21(26)23-18-11-16(27-3)8-9-19(18)28-4/h5-12H,1-4H3,(H,23,26). The number of methoxy groups -OCH3 is 2. The monoisotopic (exact) mass is 407 g/mol. The number of aryl methyl sites for hydroxylation is 2. The number of hydrogen-bond donors (Lipinski definition) is 1. The van der Waals surface area contributed by atoms with E-state index in [1.54, 1.807) is 32.4 Å². The molecular weight excluding hydrogens is 386 g/mol. The lowest BCUT2D eigenvalue weighted by Gasteiger charge is -2.11. The highest BCUT2D eigenvalue weighted by molar-refractivity contribution is 7.20. The van der Waals surface area contributed by atoms with Crippen molar-refractivity contribution in [1.82, 2.24) is 9.78 Å². The Bertz CT molecular complexity index is 1210. The zero-order chi connectivity index (χ0) is 20.5. The lowest BCUT2D eigenvalue weighted by atomic mass is 10.2. The highest BCUT2D eigenvalue weighted by atomic mass is 32.1. The van der Waals surface area contributed by atoms with Crippen LogP contribution < -0.4 is 14.8 Å². The van der Waals surface area contributed by atoms with Gasteiger partial charge in [0.25, 0.3) is 5.91 Å². The van der Waals surface area contributed by atoms with E-state index in [1.807, 2.05) is 42.8 Å². The first-order valence-corrected chi connectivity index (χ1v) is 9.91. The Kier molecular flexibility index (Phi) is 4.98. The maximum Gasteiger partial charge on any atom is 0.265 e. The van der Waals surface area contributed by atoms with E-state index in [4.69, 9.17) is 9.47 Å². The molecule has 0 aliphatic heterocycles. The van der Waals surface area contributed by atoms with E-state index < -0.39 is 0 Å². The van der Waals surface area contributed by atoms with Gasteiger partial charge in [0, 0.05) is 11.5 Å². The van der Waals surface area contributed by atoms with Gasteiger partial charge in [-0.1, -0.05) is 12.1 Å². The quantitative estimate of drug-likeness (QED) is 0.507. The zero-order valence-electron chi connectivity index (χ0n) is 16.6. The molecule has 0 saturated carbocycles. The molecule has 29 heavy (non-hydrogen) atoms. The Hall–Kier alpha value is -3.32. The summed E-state index contributed by atoms with van der Waals surface area (Å²) in [5.41, 5.74) is 3.58. The van der Waals surface area contributed by atoms with Gasteiger partial charge in [0.2, 0.25) is 0 Å². The summed E-state index contributed by atoms with van der Waals surface area (Å²) < 4.78 is 12.5. The minimum atomic E-state index is -0.201. The summed E-state index contributed by atoms with van der Waals surface area (Å²) in [6.07, 6.45) is 0. The fourth-order valence-corrected chi connectivity index (χ4v) is 4.27. The van der Waals surface area contributed by atoms with Gasteiger partial charge in [-0.3, -0.25) is 4.79 Å². The van der Waals surface area contributed by atoms with Crippen LogP contribution in [-0.4, -0.2) is 29.9 Å². The van der Waals surface area contributed by atoms with Crippen molar-refractivity contribution in [2.75, 3.05) is 19.5 Å². The van der Waals surface area contributed by atoms with Crippen LogP contribution in [0, 0.1) is 13.8 Å². The third-order valence-electron chi connectivity index (χ3n) is 4.67. The Morgan fingerprint density at radius 2 is 1.90 bits per heavy atom. The largest absolute Gasteiger partial charge is 0.497 e. The molecular formula is C22H21N3O3S. The fraction of sp³-hybridized carbons (Fsp3) is 0.182. The summed E-state index contributed by atoms with van der Waals surface area (Å²) in [6.45, 7) is 4.00. The number of ether oxygens (including phenoxy) is 2. The Labute approximate surface area is 172 Å². The van der Waals surface area contributed by atoms with Crippen LogP contribution in [0.15, 0.2) is 48.5 Å². The molecule has 0 unspecified atom stereocenters. The molecule has 0 saturated heterocycles. The van der Waals surface area contributed by atoms with Crippen molar-refractivity contribution >= 4 is 33.1 Å². The normalized spacial score (nSPS) is 10.9. The van der Waals surface area contributed by atoms with Gasteiger partial charge in [0.05, 0.1) is 36.2 Å². The van der Waals surface area contributed by atoms with Crippen LogP contribution in [0.3, 0.4) is 0 Å². The fourth-order valence-electron chi connectivity index (χ4n) is 3.19. The van der Waals surface area contributed by atoms with Gasteiger partial charge in [-0.15, -0.1) is 11.3 Å². The average Bonchev–Trinajstić information content (AvgIpc) is 3.28. The first-order chi connectivity index (χ1) is 14.0. The molecule has 1 N–H and O–H groups in total. The topological polar surface area (TPSA) is 65.4 Å². The molecule has 0 fully saturated rings. The second-order valence-corrected chi connectivity index (χ2v) is 7.72. The minimum Gasteiger partial charge on any atom is -0.497 e. The third kappa shape index (κ3) is 3.56. The van der Waals surface area contributed by atoms with Crippen molar-refractivity contribution in [1.29, 1.82) is 0 Å². The number of aromatic nitrogens is 2. The van der Waals surface area contributed by atoms with Crippen molar-refractivity contribution in [3.63, 3.8) is 0 Å². The number of hydrogen-bond acceptors (Lipinski definition) is 5. The zero-order valence-corrected chi connectivity index (χ0v) is 17.5. The highest BCUT2D eigenvalue weighted by Crippen LogP contribution is 2.33. The number of fused-ring (bicyclic) bond motifs is 1. The molecule has 2 heterocycles. The molecule has 0 aliphatic rings. The SMILES string of the molecule is COc1ccc(OC)c(NC(=O)c2cc3c(C)nn(-c4cccc(C)c4)c3s2)c1. The first-order valence-electron chi connectivity index (χ1n) is 9.09. The van der Waals surface area contributed by atoms with Gasteiger partial charge in [0.1, 0.15) is 16.3 Å². The molecule has 6 nitrogen and oxygen atoms in total. The van der Waals surface area contributed by atoms with E-state index in [9.17, 15) is 4.79 Å². The van der Waals surface area contributed by atoms with Crippen molar-refractivity contribution in [3.8, 4) is 17.2 Å². The van der Waals surface area contributed by atoms with Crippen LogP contribution in [0.1, 0.15) is 20.9 Å². The second kappa shape index (κ2) is 7.60. The van der Waals surface area contributed by atoms with E-state index >= 15 is 0 Å². The molecule has 0 radical (unpaired) electrons. The first kappa shape index (κ1) is 19.0. The van der Waals surface area contributed by atoms with Gasteiger partial charge in [-0.25, -0.2) is 4.68 Å². The Morgan fingerprint density at radius 3 is 2.62 bits per heavy atom. The van der Waals surface area contributed by atoms with E-state index in [-0.39, 0.29) is 5.91 Å². The van der Waals surface area contributed by atoms with Gasteiger partial charge in [-0.2, -0.15) is 5.10 Å². The van der Waals surface area contributed by atoms with Crippen LogP contribution in [0.25, 0.3) is 15.9 Å². The maximum atomic E-state index is 12.9. The number of anilines is 1. The summed E-state index contributed by atoms with van der Waals surface area (Å²) in [5, 5.41) is 8.55. The van der Waals surface area contributed by atoms with Gasteiger partial charge < -0.3 is 14.8 Å². The number of nitrogens with one attached hydrogen (secondary N) is 1. The molecule has 2 aromatic carbocycles.